The summed E-state index contributed by atoms with van der Waals surface area (Å²) < 4.78 is 1.52. The maximum atomic E-state index is 12.8. The molecule has 2 aromatic heterocycles. The molecule has 7 nitrogen and oxygen atoms in total. The zero-order valence-electron chi connectivity index (χ0n) is 14.0. The van der Waals surface area contributed by atoms with Crippen LogP contribution in [0.4, 0.5) is 4.79 Å². The summed E-state index contributed by atoms with van der Waals surface area (Å²) in [5.74, 6) is -0.261. The van der Waals surface area contributed by atoms with Gasteiger partial charge < -0.3 is 5.32 Å². The van der Waals surface area contributed by atoms with Gasteiger partial charge in [-0.1, -0.05) is 11.8 Å². The predicted octanol–water partition coefficient (Wildman–Crippen LogP) is 1.52. The number of urea groups is 1. The topological polar surface area (TPSA) is 84.3 Å². The van der Waals surface area contributed by atoms with E-state index in [-0.39, 0.29) is 17.5 Å². The van der Waals surface area contributed by atoms with E-state index in [2.05, 4.69) is 10.3 Å². The maximum absolute atomic E-state index is 12.8. The second-order valence-corrected chi connectivity index (χ2v) is 8.67. The highest BCUT2D eigenvalue weighted by atomic mass is 32.2. The lowest BCUT2D eigenvalue weighted by atomic mass is 10.2. The Morgan fingerprint density at radius 2 is 2.16 bits per heavy atom. The van der Waals surface area contributed by atoms with Gasteiger partial charge in [-0.2, -0.15) is 0 Å². The van der Waals surface area contributed by atoms with Crippen molar-refractivity contribution in [3.63, 3.8) is 0 Å². The number of thiophene rings is 1. The molecule has 1 N–H and O–H groups in total. The van der Waals surface area contributed by atoms with Crippen molar-refractivity contribution in [3.8, 4) is 0 Å². The van der Waals surface area contributed by atoms with E-state index in [1.165, 1.54) is 26.1 Å². The fourth-order valence-electron chi connectivity index (χ4n) is 3.32. The fraction of sp³-hybridized carbons (Fsp3) is 0.500. The van der Waals surface area contributed by atoms with Gasteiger partial charge in [0.25, 0.3) is 5.56 Å². The molecule has 1 aliphatic carbocycles. The Hall–Kier alpha value is -1.87. The van der Waals surface area contributed by atoms with Crippen molar-refractivity contribution >= 4 is 45.3 Å². The molecular formula is C16H18N4O3S2. The summed E-state index contributed by atoms with van der Waals surface area (Å²) in [5, 5.41) is 3.38. The molecule has 132 valence electrons. The minimum atomic E-state index is -0.494. The lowest BCUT2D eigenvalue weighted by Crippen LogP contribution is -2.39. The average molecular weight is 378 g/mol. The standard InChI is InChI=1S/C16H18N4O3S2/c1-8(13(21)20-7-6-17-15(20)23)24-16-18-12-11(14(22)19(16)2)9-4-3-5-10(9)25-12/h8H,3-7H2,1-2H3,(H,17,23)/t8-/m1/s1. The van der Waals surface area contributed by atoms with Gasteiger partial charge in [0, 0.05) is 25.0 Å². The first-order chi connectivity index (χ1) is 12.0. The molecule has 2 aromatic rings. The van der Waals surface area contributed by atoms with Crippen LogP contribution in [0.1, 0.15) is 23.8 Å². The molecular weight excluding hydrogens is 360 g/mol. The molecule has 3 heterocycles. The molecule has 0 saturated carbocycles. The summed E-state index contributed by atoms with van der Waals surface area (Å²) in [4.78, 5) is 44.8. The van der Waals surface area contributed by atoms with E-state index in [1.807, 2.05) is 0 Å². The zero-order chi connectivity index (χ0) is 17.7. The van der Waals surface area contributed by atoms with E-state index in [0.717, 1.165) is 35.0 Å². The van der Waals surface area contributed by atoms with Gasteiger partial charge in [0.15, 0.2) is 5.16 Å². The summed E-state index contributed by atoms with van der Waals surface area (Å²) in [5.41, 5.74) is 1.10. The van der Waals surface area contributed by atoms with Crippen molar-refractivity contribution in [1.82, 2.24) is 19.8 Å². The van der Waals surface area contributed by atoms with Crippen LogP contribution in [0, 0.1) is 0 Å². The number of hydrogen-bond donors (Lipinski definition) is 1. The lowest BCUT2D eigenvalue weighted by Gasteiger charge is -2.17. The molecule has 0 aromatic carbocycles. The van der Waals surface area contributed by atoms with E-state index in [4.69, 9.17) is 0 Å². The first kappa shape index (κ1) is 16.6. The monoisotopic (exact) mass is 378 g/mol. The van der Waals surface area contributed by atoms with E-state index in [9.17, 15) is 14.4 Å². The molecule has 0 unspecified atom stereocenters. The van der Waals surface area contributed by atoms with Crippen LogP contribution in [0.5, 0.6) is 0 Å². The van der Waals surface area contributed by atoms with Gasteiger partial charge in [0.05, 0.1) is 10.6 Å². The lowest BCUT2D eigenvalue weighted by molar-refractivity contribution is -0.126. The minimum absolute atomic E-state index is 0.0505. The van der Waals surface area contributed by atoms with E-state index >= 15 is 0 Å². The molecule has 4 rings (SSSR count). The Bertz CT molecular complexity index is 949. The van der Waals surface area contributed by atoms with E-state index in [1.54, 1.807) is 25.3 Å². The first-order valence-corrected chi connectivity index (χ1v) is 9.94. The minimum Gasteiger partial charge on any atom is -0.336 e. The molecule has 1 atom stereocenters. The molecule has 25 heavy (non-hydrogen) atoms. The van der Waals surface area contributed by atoms with Gasteiger partial charge in [-0.05, 0) is 31.7 Å². The van der Waals surface area contributed by atoms with Crippen molar-refractivity contribution in [2.75, 3.05) is 13.1 Å². The second-order valence-electron chi connectivity index (χ2n) is 6.28. The van der Waals surface area contributed by atoms with Gasteiger partial charge in [0.2, 0.25) is 5.91 Å². The van der Waals surface area contributed by atoms with Crippen LogP contribution in [0.25, 0.3) is 10.2 Å². The molecule has 9 heteroatoms. The van der Waals surface area contributed by atoms with Crippen LogP contribution >= 0.6 is 23.1 Å². The van der Waals surface area contributed by atoms with Gasteiger partial charge in [-0.3, -0.25) is 19.1 Å². The number of nitrogens with one attached hydrogen (secondary N) is 1. The Kier molecular flexibility index (Phi) is 4.07. The Balaban J connectivity index is 1.65. The highest BCUT2D eigenvalue weighted by Crippen LogP contribution is 2.35. The van der Waals surface area contributed by atoms with Gasteiger partial charge in [0.1, 0.15) is 4.83 Å². The predicted molar refractivity (Wildman–Crippen MR) is 97.3 cm³/mol. The largest absolute Gasteiger partial charge is 0.336 e. The second kappa shape index (κ2) is 6.14. The van der Waals surface area contributed by atoms with Crippen molar-refractivity contribution in [2.45, 2.75) is 36.6 Å². The number of amides is 3. The number of carbonyl (C=O) groups excluding carboxylic acids is 2. The van der Waals surface area contributed by atoms with Gasteiger partial charge >= 0.3 is 6.03 Å². The van der Waals surface area contributed by atoms with Crippen LogP contribution in [0.15, 0.2) is 9.95 Å². The number of thioether (sulfide) groups is 1. The molecule has 1 fully saturated rings. The van der Waals surface area contributed by atoms with Crippen molar-refractivity contribution in [1.29, 1.82) is 0 Å². The average Bonchev–Trinajstić information content (AvgIpc) is 3.27. The molecule has 2 aliphatic rings. The van der Waals surface area contributed by atoms with Crippen molar-refractivity contribution in [2.24, 2.45) is 7.05 Å². The fourth-order valence-corrected chi connectivity index (χ4v) is 5.56. The maximum Gasteiger partial charge on any atom is 0.324 e. The number of fused-ring (bicyclic) bond motifs is 3. The molecule has 0 spiro atoms. The van der Waals surface area contributed by atoms with Gasteiger partial charge in [-0.25, -0.2) is 9.78 Å². The first-order valence-electron chi connectivity index (χ1n) is 8.24. The van der Waals surface area contributed by atoms with Crippen LogP contribution < -0.4 is 10.9 Å². The van der Waals surface area contributed by atoms with Crippen LogP contribution in [-0.4, -0.2) is 44.7 Å². The number of carbonyl (C=O) groups is 2. The Labute approximate surface area is 152 Å². The van der Waals surface area contributed by atoms with Crippen LogP contribution in [0.2, 0.25) is 0 Å². The van der Waals surface area contributed by atoms with Crippen LogP contribution in [0.3, 0.4) is 0 Å². The summed E-state index contributed by atoms with van der Waals surface area (Å²) >= 11 is 2.81. The Morgan fingerprint density at radius 1 is 1.36 bits per heavy atom. The summed E-state index contributed by atoms with van der Waals surface area (Å²) in [7, 11) is 1.69. The SMILES string of the molecule is C[C@@H](Sc1nc2sc3c(c2c(=O)n1C)CCC3)C(=O)N1CCNC1=O. The molecule has 1 saturated heterocycles. The highest BCUT2D eigenvalue weighted by molar-refractivity contribution is 8.00. The summed E-state index contributed by atoms with van der Waals surface area (Å²) in [6, 6.07) is -0.357. The third kappa shape index (κ3) is 2.65. The summed E-state index contributed by atoms with van der Waals surface area (Å²) in [6.07, 6.45) is 3.05. The number of aryl methyl sites for hydroxylation is 2. The number of imide groups is 1. The smallest absolute Gasteiger partial charge is 0.324 e. The Morgan fingerprint density at radius 3 is 2.88 bits per heavy atom. The van der Waals surface area contributed by atoms with E-state index < -0.39 is 5.25 Å². The van der Waals surface area contributed by atoms with Crippen molar-refractivity contribution in [3.05, 3.63) is 20.8 Å². The molecule has 1 aliphatic heterocycles. The number of aromatic nitrogens is 2. The quantitative estimate of drug-likeness (QED) is 0.647. The number of nitrogens with zero attached hydrogens (tertiary/aromatic N) is 3. The summed E-state index contributed by atoms with van der Waals surface area (Å²) in [6.45, 7) is 2.60. The normalized spacial score (nSPS) is 17.8. The number of hydrogen-bond acceptors (Lipinski definition) is 6. The number of rotatable bonds is 3. The molecule has 0 radical (unpaired) electrons. The van der Waals surface area contributed by atoms with Crippen molar-refractivity contribution < 1.29 is 9.59 Å². The molecule has 3 amide bonds. The van der Waals surface area contributed by atoms with Gasteiger partial charge in [-0.15, -0.1) is 11.3 Å². The molecule has 0 bridgehead atoms. The highest BCUT2D eigenvalue weighted by Gasteiger charge is 2.31. The van der Waals surface area contributed by atoms with Crippen LogP contribution in [-0.2, 0) is 24.7 Å². The third-order valence-electron chi connectivity index (χ3n) is 4.66. The zero-order valence-corrected chi connectivity index (χ0v) is 15.6. The van der Waals surface area contributed by atoms with E-state index in [0.29, 0.717) is 18.2 Å². The third-order valence-corrected chi connectivity index (χ3v) is 6.97.